The molecule has 0 aromatic heterocycles. The smallest absolute Gasteiger partial charge is 0.223 e. The average molecular weight is 212 g/mol. The lowest BCUT2D eigenvalue weighted by Gasteiger charge is -2.28. The molecule has 1 rings (SSSR count). The van der Waals surface area contributed by atoms with Gasteiger partial charge in [0, 0.05) is 18.5 Å². The summed E-state index contributed by atoms with van der Waals surface area (Å²) in [6.07, 6.45) is 6.02. The summed E-state index contributed by atoms with van der Waals surface area (Å²) in [6, 6.07) is 0.936. The number of unbranched alkanes of at least 4 members (excludes halogenated alkanes) is 1. The fourth-order valence-electron chi connectivity index (χ4n) is 2.47. The molecule has 1 aliphatic heterocycles. The molecule has 3 nitrogen and oxygen atoms in total. The Kier molecular flexibility index (Phi) is 5.09. The first-order valence-electron chi connectivity index (χ1n) is 6.22. The van der Waals surface area contributed by atoms with Crippen LogP contribution in [0, 0.1) is 0 Å². The van der Waals surface area contributed by atoms with Crippen LogP contribution in [0.25, 0.3) is 0 Å². The molecule has 1 heterocycles. The maximum Gasteiger partial charge on any atom is 0.223 e. The first-order valence-corrected chi connectivity index (χ1v) is 6.22. The number of nitrogens with zero attached hydrogens (tertiary/aromatic N) is 1. The van der Waals surface area contributed by atoms with E-state index in [1.54, 1.807) is 0 Å². The first-order chi connectivity index (χ1) is 7.20. The Labute approximate surface area is 93.0 Å². The molecule has 0 aliphatic carbocycles. The topological polar surface area (TPSA) is 46.3 Å². The molecular formula is C12H24N2O. The van der Waals surface area contributed by atoms with Gasteiger partial charge in [-0.25, -0.2) is 0 Å². The lowest BCUT2D eigenvalue weighted by Crippen LogP contribution is -2.39. The van der Waals surface area contributed by atoms with Gasteiger partial charge in [-0.3, -0.25) is 4.79 Å². The fraction of sp³-hybridized carbons (Fsp3) is 0.917. The number of rotatable bonds is 5. The van der Waals surface area contributed by atoms with Crippen molar-refractivity contribution in [2.75, 3.05) is 6.54 Å². The summed E-state index contributed by atoms with van der Waals surface area (Å²) in [5, 5.41) is 0. The predicted molar refractivity (Wildman–Crippen MR) is 62.5 cm³/mol. The summed E-state index contributed by atoms with van der Waals surface area (Å²) < 4.78 is 0. The van der Waals surface area contributed by atoms with Crippen molar-refractivity contribution in [2.24, 2.45) is 5.73 Å². The van der Waals surface area contributed by atoms with E-state index in [2.05, 4.69) is 18.7 Å². The number of hydrogen-bond acceptors (Lipinski definition) is 2. The van der Waals surface area contributed by atoms with E-state index < -0.39 is 0 Å². The van der Waals surface area contributed by atoms with Crippen LogP contribution >= 0.6 is 0 Å². The Morgan fingerprint density at radius 3 is 2.73 bits per heavy atom. The highest BCUT2D eigenvalue weighted by Gasteiger charge is 2.32. The van der Waals surface area contributed by atoms with Gasteiger partial charge in [0.1, 0.15) is 0 Å². The largest absolute Gasteiger partial charge is 0.337 e. The first kappa shape index (κ1) is 12.5. The molecule has 0 aromatic carbocycles. The highest BCUT2D eigenvalue weighted by molar-refractivity contribution is 5.77. The molecule has 2 unspecified atom stereocenters. The van der Waals surface area contributed by atoms with Crippen molar-refractivity contribution >= 4 is 5.91 Å². The highest BCUT2D eigenvalue weighted by atomic mass is 16.2. The number of carbonyl (C=O) groups excluding carboxylic acids is 1. The van der Waals surface area contributed by atoms with Gasteiger partial charge in [0.2, 0.25) is 5.91 Å². The monoisotopic (exact) mass is 212 g/mol. The molecular weight excluding hydrogens is 188 g/mol. The minimum absolute atomic E-state index is 0.334. The molecule has 0 saturated carbocycles. The van der Waals surface area contributed by atoms with E-state index in [1.807, 2.05) is 0 Å². The van der Waals surface area contributed by atoms with Crippen LogP contribution in [0.5, 0.6) is 0 Å². The third-order valence-corrected chi connectivity index (χ3v) is 3.39. The normalized spacial score (nSPS) is 25.9. The van der Waals surface area contributed by atoms with Crippen molar-refractivity contribution in [3.63, 3.8) is 0 Å². The van der Waals surface area contributed by atoms with Gasteiger partial charge >= 0.3 is 0 Å². The second-order valence-electron chi connectivity index (χ2n) is 4.54. The molecule has 1 fully saturated rings. The SMILES string of the molecule is CCC1CCC(C)N1C(=O)CCCCN. The molecule has 0 bridgehead atoms. The van der Waals surface area contributed by atoms with Crippen molar-refractivity contribution in [3.05, 3.63) is 0 Å². The van der Waals surface area contributed by atoms with Gasteiger partial charge in [-0.15, -0.1) is 0 Å². The Morgan fingerprint density at radius 2 is 2.13 bits per heavy atom. The maximum absolute atomic E-state index is 12.0. The van der Waals surface area contributed by atoms with Crippen molar-refractivity contribution in [1.82, 2.24) is 4.90 Å². The van der Waals surface area contributed by atoms with Crippen LogP contribution < -0.4 is 5.73 Å². The Balaban J connectivity index is 2.41. The molecule has 88 valence electrons. The van der Waals surface area contributed by atoms with Crippen LogP contribution in [0.3, 0.4) is 0 Å². The second kappa shape index (κ2) is 6.11. The van der Waals surface area contributed by atoms with Crippen LogP contribution in [0.4, 0.5) is 0 Å². The van der Waals surface area contributed by atoms with Gasteiger partial charge < -0.3 is 10.6 Å². The standard InChI is InChI=1S/C12H24N2O/c1-3-11-8-7-10(2)14(11)12(15)6-4-5-9-13/h10-11H,3-9,13H2,1-2H3. The molecule has 2 atom stereocenters. The Bertz CT molecular complexity index is 206. The van der Waals surface area contributed by atoms with E-state index in [4.69, 9.17) is 5.73 Å². The maximum atomic E-state index is 12.0. The van der Waals surface area contributed by atoms with Crippen molar-refractivity contribution in [1.29, 1.82) is 0 Å². The minimum atomic E-state index is 0.334. The van der Waals surface area contributed by atoms with Crippen LogP contribution in [-0.4, -0.2) is 29.4 Å². The molecule has 0 radical (unpaired) electrons. The Hall–Kier alpha value is -0.570. The molecule has 1 amide bonds. The van der Waals surface area contributed by atoms with E-state index in [-0.39, 0.29) is 0 Å². The molecule has 3 heteroatoms. The van der Waals surface area contributed by atoms with E-state index in [1.165, 1.54) is 12.8 Å². The zero-order chi connectivity index (χ0) is 11.3. The lowest BCUT2D eigenvalue weighted by molar-refractivity contribution is -0.134. The number of nitrogens with two attached hydrogens (primary N) is 1. The predicted octanol–water partition coefficient (Wildman–Crippen LogP) is 1.90. The average Bonchev–Trinajstić information content (AvgIpc) is 2.59. The zero-order valence-electron chi connectivity index (χ0n) is 10.0. The summed E-state index contributed by atoms with van der Waals surface area (Å²) >= 11 is 0. The third-order valence-electron chi connectivity index (χ3n) is 3.39. The van der Waals surface area contributed by atoms with Crippen molar-refractivity contribution in [2.45, 2.75) is 64.5 Å². The Morgan fingerprint density at radius 1 is 1.40 bits per heavy atom. The van der Waals surface area contributed by atoms with Crippen LogP contribution in [0.15, 0.2) is 0 Å². The summed E-state index contributed by atoms with van der Waals surface area (Å²) in [4.78, 5) is 14.1. The molecule has 0 spiro atoms. The van der Waals surface area contributed by atoms with Gasteiger partial charge in [-0.2, -0.15) is 0 Å². The van der Waals surface area contributed by atoms with E-state index in [9.17, 15) is 4.79 Å². The van der Waals surface area contributed by atoms with Gasteiger partial charge in [-0.05, 0) is 45.6 Å². The summed E-state index contributed by atoms with van der Waals surface area (Å²) in [6.45, 7) is 5.03. The van der Waals surface area contributed by atoms with Gasteiger partial charge in [0.05, 0.1) is 0 Å². The number of likely N-dealkylation sites (tertiary alicyclic amines) is 1. The van der Waals surface area contributed by atoms with Crippen LogP contribution in [0.1, 0.15) is 52.4 Å². The number of amides is 1. The van der Waals surface area contributed by atoms with Gasteiger partial charge in [0.25, 0.3) is 0 Å². The molecule has 1 saturated heterocycles. The number of hydrogen-bond donors (Lipinski definition) is 1. The molecule has 0 aromatic rings. The lowest BCUT2D eigenvalue weighted by atomic mass is 10.1. The van der Waals surface area contributed by atoms with Gasteiger partial charge in [-0.1, -0.05) is 6.92 Å². The molecule has 2 N–H and O–H groups in total. The van der Waals surface area contributed by atoms with E-state index in [0.29, 0.717) is 31.0 Å². The van der Waals surface area contributed by atoms with Crippen LogP contribution in [0.2, 0.25) is 0 Å². The fourth-order valence-corrected chi connectivity index (χ4v) is 2.47. The molecule has 1 aliphatic rings. The summed E-state index contributed by atoms with van der Waals surface area (Å²) in [5.41, 5.74) is 5.42. The summed E-state index contributed by atoms with van der Waals surface area (Å²) in [7, 11) is 0. The molecule has 15 heavy (non-hydrogen) atoms. The van der Waals surface area contributed by atoms with E-state index >= 15 is 0 Å². The zero-order valence-corrected chi connectivity index (χ0v) is 10.0. The quantitative estimate of drug-likeness (QED) is 0.708. The summed E-state index contributed by atoms with van der Waals surface area (Å²) in [5.74, 6) is 0.334. The third kappa shape index (κ3) is 3.20. The van der Waals surface area contributed by atoms with Crippen molar-refractivity contribution in [3.8, 4) is 0 Å². The van der Waals surface area contributed by atoms with Crippen LogP contribution in [-0.2, 0) is 4.79 Å². The van der Waals surface area contributed by atoms with E-state index in [0.717, 1.165) is 19.3 Å². The minimum Gasteiger partial charge on any atom is -0.337 e. The second-order valence-corrected chi connectivity index (χ2v) is 4.54. The van der Waals surface area contributed by atoms with Crippen molar-refractivity contribution < 1.29 is 4.79 Å². The highest BCUT2D eigenvalue weighted by Crippen LogP contribution is 2.26. The van der Waals surface area contributed by atoms with Gasteiger partial charge in [0.15, 0.2) is 0 Å². The number of carbonyl (C=O) groups is 1.